The number of nitrogens with zero attached hydrogens (tertiary/aromatic N) is 2. The Morgan fingerprint density at radius 1 is 1.17 bits per heavy atom. The van der Waals surface area contributed by atoms with Gasteiger partial charge in [0.25, 0.3) is 5.91 Å². The molecule has 10 nitrogen and oxygen atoms in total. The summed E-state index contributed by atoms with van der Waals surface area (Å²) in [6, 6.07) is 6.96. The molecule has 0 aromatic heterocycles. The van der Waals surface area contributed by atoms with Crippen molar-refractivity contribution in [2.45, 2.75) is 18.9 Å². The Morgan fingerprint density at radius 3 is 2.73 bits per heavy atom. The number of morpholine rings is 1. The number of carbonyl (C=O) groups is 3. The van der Waals surface area contributed by atoms with Crippen molar-refractivity contribution in [2.75, 3.05) is 46.1 Å². The highest BCUT2D eigenvalue weighted by Crippen LogP contribution is 2.16. The zero-order chi connectivity index (χ0) is 21.2. The monoisotopic (exact) mass is 418 g/mol. The molecule has 0 unspecified atom stereocenters. The summed E-state index contributed by atoms with van der Waals surface area (Å²) in [5.74, 6) is -1.32. The summed E-state index contributed by atoms with van der Waals surface area (Å²) in [4.78, 5) is 37.6. The average Bonchev–Trinajstić information content (AvgIpc) is 3.30. The van der Waals surface area contributed by atoms with E-state index in [0.29, 0.717) is 50.8 Å². The average molecular weight is 418 g/mol. The van der Waals surface area contributed by atoms with Gasteiger partial charge in [-0.05, 0) is 25.0 Å². The van der Waals surface area contributed by atoms with Gasteiger partial charge < -0.3 is 24.4 Å². The minimum Gasteiger partial charge on any atom is -0.483 e. The van der Waals surface area contributed by atoms with Gasteiger partial charge in [-0.3, -0.25) is 14.4 Å². The first-order valence-electron chi connectivity index (χ1n) is 9.93. The van der Waals surface area contributed by atoms with Crippen molar-refractivity contribution < 1.29 is 28.6 Å². The number of rotatable bonds is 7. The molecule has 2 aliphatic heterocycles. The Morgan fingerprint density at radius 2 is 1.97 bits per heavy atom. The SMILES string of the molecule is O=C(NC[C@H]1CCCO1)C(=O)N/N=C\c1ccccc1OCC(=O)N1CCOCC1. The minimum absolute atomic E-state index is 0.0468. The van der Waals surface area contributed by atoms with Gasteiger partial charge in [0.1, 0.15) is 5.75 Å². The van der Waals surface area contributed by atoms with Crippen LogP contribution < -0.4 is 15.5 Å². The molecule has 0 bridgehead atoms. The minimum atomic E-state index is -0.870. The summed E-state index contributed by atoms with van der Waals surface area (Å²) in [7, 11) is 0. The lowest BCUT2D eigenvalue weighted by Gasteiger charge is -2.26. The lowest BCUT2D eigenvalue weighted by Crippen LogP contribution is -2.43. The van der Waals surface area contributed by atoms with Gasteiger partial charge in [0.2, 0.25) is 0 Å². The summed E-state index contributed by atoms with van der Waals surface area (Å²) < 4.78 is 16.2. The van der Waals surface area contributed by atoms with Gasteiger partial charge in [-0.1, -0.05) is 12.1 Å². The van der Waals surface area contributed by atoms with E-state index >= 15 is 0 Å². The fourth-order valence-corrected chi connectivity index (χ4v) is 3.07. The smallest absolute Gasteiger partial charge is 0.329 e. The topological polar surface area (TPSA) is 119 Å². The molecule has 0 aliphatic carbocycles. The second kappa shape index (κ2) is 11.3. The zero-order valence-electron chi connectivity index (χ0n) is 16.7. The third kappa shape index (κ3) is 6.53. The second-order valence-corrected chi connectivity index (χ2v) is 6.86. The number of benzene rings is 1. The van der Waals surface area contributed by atoms with E-state index in [0.717, 1.165) is 12.8 Å². The predicted octanol–water partition coefficient (Wildman–Crippen LogP) is -0.330. The molecular weight excluding hydrogens is 392 g/mol. The number of ether oxygens (including phenoxy) is 3. The van der Waals surface area contributed by atoms with E-state index in [1.165, 1.54) is 6.21 Å². The molecule has 3 rings (SSSR count). The standard InChI is InChI=1S/C20H26N4O6/c25-18(24-7-10-28-11-8-24)14-30-17-6-2-1-4-15(17)12-22-23-20(27)19(26)21-13-16-5-3-9-29-16/h1-2,4,6,12,16H,3,5,7-11,13-14H2,(H,21,26)(H,23,27)/b22-12-/t16-/m1/s1. The number of hydrazone groups is 1. The Bertz CT molecular complexity index is 772. The number of para-hydroxylation sites is 1. The van der Waals surface area contributed by atoms with Crippen LogP contribution in [0.2, 0.25) is 0 Å². The molecule has 2 heterocycles. The number of nitrogens with one attached hydrogen (secondary N) is 2. The highest BCUT2D eigenvalue weighted by molar-refractivity contribution is 6.35. The zero-order valence-corrected chi connectivity index (χ0v) is 16.7. The summed E-state index contributed by atoms with van der Waals surface area (Å²) >= 11 is 0. The molecule has 1 aromatic carbocycles. The lowest BCUT2D eigenvalue weighted by molar-refractivity contribution is -0.139. The van der Waals surface area contributed by atoms with Crippen molar-refractivity contribution in [1.29, 1.82) is 0 Å². The van der Waals surface area contributed by atoms with Crippen LogP contribution in [0.4, 0.5) is 0 Å². The molecular formula is C20H26N4O6. The molecule has 2 fully saturated rings. The van der Waals surface area contributed by atoms with E-state index in [4.69, 9.17) is 14.2 Å². The molecule has 30 heavy (non-hydrogen) atoms. The molecule has 2 aliphatic rings. The first-order valence-corrected chi connectivity index (χ1v) is 9.93. The van der Waals surface area contributed by atoms with E-state index in [1.807, 2.05) is 0 Å². The van der Waals surface area contributed by atoms with Crippen LogP contribution in [-0.2, 0) is 23.9 Å². The molecule has 2 N–H and O–H groups in total. The number of carbonyl (C=O) groups excluding carboxylic acids is 3. The number of hydrogen-bond donors (Lipinski definition) is 2. The molecule has 1 aromatic rings. The van der Waals surface area contributed by atoms with Gasteiger partial charge in [-0.2, -0.15) is 5.10 Å². The fourth-order valence-electron chi connectivity index (χ4n) is 3.07. The molecule has 10 heteroatoms. The molecule has 0 spiro atoms. The Labute approximate surface area is 174 Å². The van der Waals surface area contributed by atoms with E-state index in [9.17, 15) is 14.4 Å². The predicted molar refractivity (Wildman–Crippen MR) is 107 cm³/mol. The third-order valence-electron chi connectivity index (χ3n) is 4.72. The molecule has 162 valence electrons. The van der Waals surface area contributed by atoms with Crippen molar-refractivity contribution in [2.24, 2.45) is 5.10 Å². The van der Waals surface area contributed by atoms with Gasteiger partial charge in [-0.25, -0.2) is 5.43 Å². The first-order chi connectivity index (χ1) is 14.6. The maximum atomic E-state index is 12.2. The summed E-state index contributed by atoms with van der Waals surface area (Å²) in [5.41, 5.74) is 2.75. The Hall–Kier alpha value is -2.98. The van der Waals surface area contributed by atoms with Gasteiger partial charge in [0.15, 0.2) is 6.61 Å². The highest BCUT2D eigenvalue weighted by Gasteiger charge is 2.19. The van der Waals surface area contributed by atoms with Gasteiger partial charge in [0.05, 0.1) is 25.5 Å². The second-order valence-electron chi connectivity index (χ2n) is 6.86. The molecule has 0 radical (unpaired) electrons. The third-order valence-corrected chi connectivity index (χ3v) is 4.72. The number of hydrogen-bond acceptors (Lipinski definition) is 7. The van der Waals surface area contributed by atoms with Crippen LogP contribution in [0.3, 0.4) is 0 Å². The largest absolute Gasteiger partial charge is 0.483 e. The van der Waals surface area contributed by atoms with Crippen molar-refractivity contribution >= 4 is 23.9 Å². The molecule has 1 atom stereocenters. The van der Waals surface area contributed by atoms with Gasteiger partial charge in [-0.15, -0.1) is 0 Å². The molecule has 3 amide bonds. The lowest BCUT2D eigenvalue weighted by atomic mass is 10.2. The van der Waals surface area contributed by atoms with Gasteiger partial charge in [0, 0.05) is 31.8 Å². The normalized spacial score (nSPS) is 18.9. The van der Waals surface area contributed by atoms with E-state index in [1.54, 1.807) is 29.2 Å². The molecule has 2 saturated heterocycles. The Kier molecular flexibility index (Phi) is 8.16. The highest BCUT2D eigenvalue weighted by atomic mass is 16.5. The quantitative estimate of drug-likeness (QED) is 0.356. The Balaban J connectivity index is 1.46. The van der Waals surface area contributed by atoms with Crippen molar-refractivity contribution in [3.05, 3.63) is 29.8 Å². The molecule has 0 saturated carbocycles. The van der Waals surface area contributed by atoms with Crippen LogP contribution in [-0.4, -0.2) is 81.0 Å². The first kappa shape index (κ1) is 21.7. The summed E-state index contributed by atoms with van der Waals surface area (Å²) in [6.45, 7) is 3.01. The fraction of sp³-hybridized carbons (Fsp3) is 0.500. The van der Waals surface area contributed by atoms with Crippen molar-refractivity contribution in [3.8, 4) is 5.75 Å². The maximum absolute atomic E-state index is 12.2. The van der Waals surface area contributed by atoms with Gasteiger partial charge >= 0.3 is 11.8 Å². The van der Waals surface area contributed by atoms with Crippen LogP contribution in [0.1, 0.15) is 18.4 Å². The van der Waals surface area contributed by atoms with Crippen LogP contribution in [0, 0.1) is 0 Å². The van der Waals surface area contributed by atoms with E-state index in [2.05, 4.69) is 15.8 Å². The summed E-state index contributed by atoms with van der Waals surface area (Å²) in [6.07, 6.45) is 3.13. The van der Waals surface area contributed by atoms with Crippen LogP contribution in [0.5, 0.6) is 5.75 Å². The van der Waals surface area contributed by atoms with Crippen LogP contribution >= 0.6 is 0 Å². The summed E-state index contributed by atoms with van der Waals surface area (Å²) in [5, 5.41) is 6.33. The number of amides is 3. The van der Waals surface area contributed by atoms with E-state index < -0.39 is 11.8 Å². The van der Waals surface area contributed by atoms with Crippen molar-refractivity contribution in [1.82, 2.24) is 15.6 Å². The van der Waals surface area contributed by atoms with Crippen LogP contribution in [0.15, 0.2) is 29.4 Å². The van der Waals surface area contributed by atoms with E-state index in [-0.39, 0.29) is 18.6 Å². The van der Waals surface area contributed by atoms with Crippen LogP contribution in [0.25, 0.3) is 0 Å². The maximum Gasteiger partial charge on any atom is 0.329 e. The van der Waals surface area contributed by atoms with Crippen molar-refractivity contribution in [3.63, 3.8) is 0 Å².